The summed E-state index contributed by atoms with van der Waals surface area (Å²) in [5.74, 6) is 1.58. The van der Waals surface area contributed by atoms with Crippen molar-refractivity contribution in [1.82, 2.24) is 0 Å². The molecule has 8 aromatic rings. The second-order valence-electron chi connectivity index (χ2n) is 14.9. The van der Waals surface area contributed by atoms with Crippen molar-refractivity contribution >= 4 is 48.6 Å². The van der Waals surface area contributed by atoms with Crippen LogP contribution in [0.4, 0.5) is 17.1 Å². The molecule has 2 heteroatoms. The lowest BCUT2D eigenvalue weighted by Gasteiger charge is -2.37. The van der Waals surface area contributed by atoms with E-state index in [9.17, 15) is 0 Å². The molecule has 2 saturated carbocycles. The molecule has 0 amide bonds. The van der Waals surface area contributed by atoms with Gasteiger partial charge in [0.2, 0.25) is 0 Å². The van der Waals surface area contributed by atoms with Gasteiger partial charge in [-0.15, -0.1) is 11.3 Å². The smallest absolute Gasteiger partial charge is 0.0543 e. The second-order valence-corrected chi connectivity index (χ2v) is 16.0. The molecule has 0 aliphatic heterocycles. The molecule has 244 valence electrons. The third-order valence-electron chi connectivity index (χ3n) is 12.4. The Morgan fingerprint density at radius 1 is 0.510 bits per heavy atom. The molecule has 3 atom stereocenters. The lowest BCUT2D eigenvalue weighted by Crippen LogP contribution is -2.31. The Labute approximate surface area is 303 Å². The number of hydrogen-bond donors (Lipinski definition) is 0. The molecular weight excluding hydrogens is 635 g/mol. The summed E-state index contributed by atoms with van der Waals surface area (Å²) in [5, 5.41) is 2.67. The first-order valence-electron chi connectivity index (χ1n) is 18.5. The minimum atomic E-state index is 0.141. The molecule has 1 spiro atoms. The van der Waals surface area contributed by atoms with Crippen molar-refractivity contribution in [2.45, 2.75) is 31.1 Å². The van der Waals surface area contributed by atoms with Crippen LogP contribution in [0.2, 0.25) is 0 Å². The molecule has 0 N–H and O–H groups in total. The number of thiophene rings is 1. The van der Waals surface area contributed by atoms with Crippen LogP contribution in [0, 0.1) is 11.8 Å². The first-order valence-corrected chi connectivity index (χ1v) is 19.3. The van der Waals surface area contributed by atoms with Crippen molar-refractivity contribution in [1.29, 1.82) is 0 Å². The van der Waals surface area contributed by atoms with E-state index in [4.69, 9.17) is 0 Å². The summed E-state index contributed by atoms with van der Waals surface area (Å²) >= 11 is 1.89. The number of fused-ring (bicyclic) bond motifs is 11. The maximum Gasteiger partial charge on any atom is 0.0543 e. The van der Waals surface area contributed by atoms with E-state index in [0.717, 1.165) is 11.8 Å². The van der Waals surface area contributed by atoms with Gasteiger partial charge in [0.25, 0.3) is 0 Å². The van der Waals surface area contributed by atoms with Crippen molar-refractivity contribution in [2.24, 2.45) is 11.8 Å². The number of rotatable bonds is 5. The Morgan fingerprint density at radius 2 is 1.16 bits per heavy atom. The minimum absolute atomic E-state index is 0.141. The van der Waals surface area contributed by atoms with Gasteiger partial charge in [0, 0.05) is 42.5 Å². The summed E-state index contributed by atoms with van der Waals surface area (Å²) < 4.78 is 2.66. The lowest BCUT2D eigenvalue weighted by atomic mass is 9.67. The van der Waals surface area contributed by atoms with E-state index in [2.05, 4.69) is 169 Å². The van der Waals surface area contributed by atoms with Gasteiger partial charge in [0.15, 0.2) is 0 Å². The van der Waals surface area contributed by atoms with Crippen molar-refractivity contribution in [2.75, 3.05) is 4.90 Å². The molecule has 1 nitrogen and oxygen atoms in total. The van der Waals surface area contributed by atoms with E-state index in [0.29, 0.717) is 0 Å². The highest BCUT2D eigenvalue weighted by Gasteiger charge is 2.57. The van der Waals surface area contributed by atoms with Crippen LogP contribution >= 0.6 is 11.3 Å². The molecule has 0 radical (unpaired) electrons. The maximum absolute atomic E-state index is 2.54. The molecule has 2 fully saturated rings. The zero-order valence-corrected chi connectivity index (χ0v) is 29.2. The zero-order valence-electron chi connectivity index (χ0n) is 28.4. The van der Waals surface area contributed by atoms with Crippen molar-refractivity contribution in [3.8, 4) is 33.4 Å². The molecular formula is C49H37NS. The molecule has 7 aromatic carbocycles. The van der Waals surface area contributed by atoms with Gasteiger partial charge in [-0.2, -0.15) is 0 Å². The number of hydrogen-bond acceptors (Lipinski definition) is 2. The molecule has 0 saturated heterocycles. The molecule has 3 aliphatic rings. The fourth-order valence-electron chi connectivity index (χ4n) is 10.2. The molecule has 1 aromatic heterocycles. The standard InChI is InChI=1S/C49H37NS/c1-2-9-33(10-3-1)34-18-20-35(21-19-34)36-22-25-38(26-23-36)50(39-27-28-41-40-11-5-7-16-46(40)51-47(41)30-39)45-15-8-14-44-48(45)42-12-4-6-13-43(42)49(44)31-32-17-24-37(49)29-32/h1-16,18-23,25-28,30,32,37H,17,24,29,31H2. The topological polar surface area (TPSA) is 3.24 Å². The normalized spacial score (nSPS) is 19.9. The van der Waals surface area contributed by atoms with Gasteiger partial charge in [-0.25, -0.2) is 0 Å². The maximum atomic E-state index is 2.54. The summed E-state index contributed by atoms with van der Waals surface area (Å²) in [5.41, 5.74) is 14.7. The molecule has 51 heavy (non-hydrogen) atoms. The van der Waals surface area contributed by atoms with Crippen molar-refractivity contribution in [3.05, 3.63) is 175 Å². The van der Waals surface area contributed by atoms with Crippen LogP contribution in [-0.2, 0) is 5.41 Å². The zero-order chi connectivity index (χ0) is 33.5. The summed E-state index contributed by atoms with van der Waals surface area (Å²) in [6, 6.07) is 61.3. The lowest BCUT2D eigenvalue weighted by molar-refractivity contribution is 0.327. The average Bonchev–Trinajstić information content (AvgIpc) is 3.97. The number of benzene rings is 7. The van der Waals surface area contributed by atoms with E-state index in [1.165, 1.54) is 96.3 Å². The third-order valence-corrected chi connectivity index (χ3v) is 13.5. The predicted molar refractivity (Wildman–Crippen MR) is 217 cm³/mol. The Morgan fingerprint density at radius 3 is 1.92 bits per heavy atom. The first-order chi connectivity index (χ1) is 25.2. The van der Waals surface area contributed by atoms with E-state index >= 15 is 0 Å². The summed E-state index contributed by atoms with van der Waals surface area (Å²) in [6.07, 6.45) is 5.41. The van der Waals surface area contributed by atoms with Crippen molar-refractivity contribution in [3.63, 3.8) is 0 Å². The third kappa shape index (κ3) is 4.39. The monoisotopic (exact) mass is 671 g/mol. The molecule has 11 rings (SSSR count). The number of anilines is 3. The Kier molecular flexibility index (Phi) is 6.48. The van der Waals surface area contributed by atoms with E-state index in [1.54, 1.807) is 11.1 Å². The molecule has 3 aliphatic carbocycles. The van der Waals surface area contributed by atoms with E-state index in [-0.39, 0.29) is 5.41 Å². The van der Waals surface area contributed by atoms with Crippen LogP contribution in [-0.4, -0.2) is 0 Å². The van der Waals surface area contributed by atoms with Crippen LogP contribution < -0.4 is 4.90 Å². The van der Waals surface area contributed by atoms with Gasteiger partial charge in [0.1, 0.15) is 0 Å². The molecule has 2 bridgehead atoms. The molecule has 1 heterocycles. The van der Waals surface area contributed by atoms with Gasteiger partial charge in [0.05, 0.1) is 5.69 Å². The highest BCUT2D eigenvalue weighted by atomic mass is 32.1. The van der Waals surface area contributed by atoms with Crippen LogP contribution in [0.5, 0.6) is 0 Å². The highest BCUT2D eigenvalue weighted by molar-refractivity contribution is 7.25. The summed E-state index contributed by atoms with van der Waals surface area (Å²) in [6.45, 7) is 0. The van der Waals surface area contributed by atoms with Crippen LogP contribution in [0.3, 0.4) is 0 Å². The fraction of sp³-hybridized carbons (Fsp3) is 0.143. The highest BCUT2D eigenvalue weighted by Crippen LogP contribution is 2.67. The van der Waals surface area contributed by atoms with Crippen molar-refractivity contribution < 1.29 is 0 Å². The van der Waals surface area contributed by atoms with Crippen LogP contribution in [0.15, 0.2) is 164 Å². The van der Waals surface area contributed by atoms with Gasteiger partial charge in [-0.3, -0.25) is 0 Å². The Balaban J connectivity index is 1.07. The first kappa shape index (κ1) is 29.3. The number of nitrogens with zero attached hydrogens (tertiary/aromatic N) is 1. The quantitative estimate of drug-likeness (QED) is 0.176. The largest absolute Gasteiger partial charge is 0.310 e. The van der Waals surface area contributed by atoms with Gasteiger partial charge in [-0.05, 0) is 106 Å². The van der Waals surface area contributed by atoms with Gasteiger partial charge < -0.3 is 4.90 Å². The Hall–Kier alpha value is -5.44. The minimum Gasteiger partial charge on any atom is -0.310 e. The predicted octanol–water partition coefficient (Wildman–Crippen LogP) is 13.9. The summed E-state index contributed by atoms with van der Waals surface area (Å²) in [4.78, 5) is 2.54. The molecule has 3 unspecified atom stereocenters. The second kappa shape index (κ2) is 11.3. The van der Waals surface area contributed by atoms with E-state index in [1.807, 2.05) is 11.3 Å². The van der Waals surface area contributed by atoms with Crippen LogP contribution in [0.1, 0.15) is 36.8 Å². The Bertz CT molecular complexity index is 2600. The average molecular weight is 672 g/mol. The fourth-order valence-corrected chi connectivity index (χ4v) is 11.3. The SMILES string of the molecule is c1ccc(-c2ccc(-c3ccc(N(c4ccc5c(c4)sc4ccccc45)c4cccc5c4-c4ccccc4C54CC5CCC4C5)cc3)cc2)cc1. The summed E-state index contributed by atoms with van der Waals surface area (Å²) in [7, 11) is 0. The van der Waals surface area contributed by atoms with Gasteiger partial charge in [-0.1, -0.05) is 134 Å². The van der Waals surface area contributed by atoms with E-state index < -0.39 is 0 Å². The van der Waals surface area contributed by atoms with Crippen LogP contribution in [0.25, 0.3) is 53.6 Å². The van der Waals surface area contributed by atoms with Gasteiger partial charge >= 0.3 is 0 Å².